The number of ether oxygens (including phenoxy) is 4. The summed E-state index contributed by atoms with van der Waals surface area (Å²) in [4.78, 5) is 12.5. The van der Waals surface area contributed by atoms with Gasteiger partial charge in [0.25, 0.3) is 0 Å². The van der Waals surface area contributed by atoms with Crippen LogP contribution in [0.15, 0.2) is 60.2 Å². The SMILES string of the molecule is CC(=CC(OCC1CO1)C1CO1)C(=O)Oc1ccc(C(C)(C)c2ccc(O)cc2)cc1. The third-order valence-corrected chi connectivity index (χ3v) is 5.71. The van der Waals surface area contributed by atoms with Gasteiger partial charge in [-0.2, -0.15) is 0 Å². The summed E-state index contributed by atoms with van der Waals surface area (Å²) in [6.07, 6.45) is 1.64. The summed E-state index contributed by atoms with van der Waals surface area (Å²) in [5, 5.41) is 9.53. The van der Waals surface area contributed by atoms with E-state index in [0.717, 1.165) is 17.7 Å². The van der Waals surface area contributed by atoms with Gasteiger partial charge in [0.15, 0.2) is 0 Å². The van der Waals surface area contributed by atoms with Crippen molar-refractivity contribution in [2.75, 3.05) is 19.8 Å². The minimum absolute atomic E-state index is 0.0112. The lowest BCUT2D eigenvalue weighted by atomic mass is 9.78. The average molecular weight is 424 g/mol. The second-order valence-electron chi connectivity index (χ2n) is 8.56. The topological polar surface area (TPSA) is 80.8 Å². The first-order valence-electron chi connectivity index (χ1n) is 10.5. The van der Waals surface area contributed by atoms with Crippen molar-refractivity contribution in [3.05, 3.63) is 71.3 Å². The molecule has 0 radical (unpaired) electrons. The molecule has 0 aromatic heterocycles. The number of phenols is 1. The van der Waals surface area contributed by atoms with Crippen molar-refractivity contribution in [2.24, 2.45) is 0 Å². The highest BCUT2D eigenvalue weighted by molar-refractivity contribution is 5.89. The molecule has 0 aliphatic carbocycles. The quantitative estimate of drug-likeness (QED) is 0.286. The Kier molecular flexibility index (Phi) is 6.14. The van der Waals surface area contributed by atoms with E-state index in [1.807, 2.05) is 24.3 Å². The normalized spacial score (nSPS) is 21.5. The van der Waals surface area contributed by atoms with Gasteiger partial charge in [0.2, 0.25) is 0 Å². The minimum atomic E-state index is -0.414. The van der Waals surface area contributed by atoms with Gasteiger partial charge in [0, 0.05) is 11.0 Å². The van der Waals surface area contributed by atoms with Gasteiger partial charge in [-0.1, -0.05) is 38.1 Å². The highest BCUT2D eigenvalue weighted by atomic mass is 16.6. The Morgan fingerprint density at radius 3 is 2.23 bits per heavy atom. The fraction of sp³-hybridized carbons (Fsp3) is 0.400. The molecule has 2 aliphatic heterocycles. The molecule has 2 aromatic rings. The molecule has 0 bridgehead atoms. The van der Waals surface area contributed by atoms with E-state index in [1.54, 1.807) is 37.3 Å². The summed E-state index contributed by atoms with van der Waals surface area (Å²) in [7, 11) is 0. The van der Waals surface area contributed by atoms with E-state index in [-0.39, 0.29) is 29.5 Å². The van der Waals surface area contributed by atoms with Crippen LogP contribution in [0.3, 0.4) is 0 Å². The van der Waals surface area contributed by atoms with Gasteiger partial charge in [0.1, 0.15) is 29.8 Å². The predicted octanol–water partition coefficient (Wildman–Crippen LogP) is 3.75. The van der Waals surface area contributed by atoms with Crippen LogP contribution < -0.4 is 4.74 Å². The fourth-order valence-corrected chi connectivity index (χ4v) is 3.38. The Hall–Kier alpha value is -2.67. The smallest absolute Gasteiger partial charge is 0.338 e. The third kappa shape index (κ3) is 5.53. The minimum Gasteiger partial charge on any atom is -0.508 e. The molecule has 2 fully saturated rings. The monoisotopic (exact) mass is 424 g/mol. The molecule has 6 nitrogen and oxygen atoms in total. The van der Waals surface area contributed by atoms with Crippen molar-refractivity contribution in [1.29, 1.82) is 0 Å². The maximum absolute atomic E-state index is 12.5. The van der Waals surface area contributed by atoms with E-state index in [1.165, 1.54) is 0 Å². The number of rotatable bonds is 9. The lowest BCUT2D eigenvalue weighted by Crippen LogP contribution is -2.22. The number of hydrogen-bond donors (Lipinski definition) is 1. The maximum atomic E-state index is 12.5. The van der Waals surface area contributed by atoms with Crippen LogP contribution in [0, 0.1) is 0 Å². The highest BCUT2D eigenvalue weighted by Gasteiger charge is 2.35. The molecule has 2 aromatic carbocycles. The van der Waals surface area contributed by atoms with Crippen LogP contribution >= 0.6 is 0 Å². The second kappa shape index (κ2) is 8.83. The van der Waals surface area contributed by atoms with Gasteiger partial charge in [-0.3, -0.25) is 0 Å². The summed E-state index contributed by atoms with van der Waals surface area (Å²) >= 11 is 0. The Morgan fingerprint density at radius 2 is 1.68 bits per heavy atom. The fourth-order valence-electron chi connectivity index (χ4n) is 3.38. The number of phenolic OH excluding ortho intramolecular Hbond substituents is 1. The summed E-state index contributed by atoms with van der Waals surface area (Å²) in [5.41, 5.74) is 2.38. The molecule has 2 saturated heterocycles. The zero-order valence-corrected chi connectivity index (χ0v) is 18.0. The number of hydrogen-bond acceptors (Lipinski definition) is 6. The maximum Gasteiger partial charge on any atom is 0.338 e. The lowest BCUT2D eigenvalue weighted by Gasteiger charge is -2.26. The molecule has 2 heterocycles. The van der Waals surface area contributed by atoms with Crippen LogP contribution in [-0.4, -0.2) is 49.2 Å². The largest absolute Gasteiger partial charge is 0.508 e. The first kappa shape index (κ1) is 21.6. The van der Waals surface area contributed by atoms with Crippen LogP contribution in [0.2, 0.25) is 0 Å². The van der Waals surface area contributed by atoms with E-state index in [4.69, 9.17) is 18.9 Å². The molecule has 0 spiro atoms. The molecule has 6 heteroatoms. The van der Waals surface area contributed by atoms with Crippen LogP contribution in [0.5, 0.6) is 11.5 Å². The van der Waals surface area contributed by atoms with Crippen LogP contribution in [0.25, 0.3) is 0 Å². The van der Waals surface area contributed by atoms with E-state index >= 15 is 0 Å². The number of epoxide rings is 2. The van der Waals surface area contributed by atoms with Crippen LogP contribution in [-0.2, 0) is 24.4 Å². The van der Waals surface area contributed by atoms with Gasteiger partial charge in [0.05, 0.1) is 19.8 Å². The van der Waals surface area contributed by atoms with Crippen LogP contribution in [0.4, 0.5) is 0 Å². The van der Waals surface area contributed by atoms with Crippen molar-refractivity contribution in [3.8, 4) is 11.5 Å². The Morgan fingerprint density at radius 1 is 1.10 bits per heavy atom. The first-order valence-corrected chi connectivity index (χ1v) is 10.5. The van der Waals surface area contributed by atoms with Gasteiger partial charge in [-0.25, -0.2) is 4.79 Å². The molecule has 4 rings (SSSR count). The van der Waals surface area contributed by atoms with Crippen molar-refractivity contribution < 1.29 is 28.8 Å². The standard InChI is InChI=1S/C25H28O6/c1-16(12-22(23-15-30-23)29-14-21-13-28-21)24(27)31-20-10-6-18(7-11-20)25(2,3)17-4-8-19(26)9-5-17/h4-12,21-23,26H,13-15H2,1-3H3. The third-order valence-electron chi connectivity index (χ3n) is 5.71. The van der Waals surface area contributed by atoms with Crippen LogP contribution in [0.1, 0.15) is 31.9 Å². The summed E-state index contributed by atoms with van der Waals surface area (Å²) < 4.78 is 21.9. The molecule has 1 N–H and O–H groups in total. The summed E-state index contributed by atoms with van der Waals surface area (Å²) in [5.74, 6) is 0.309. The van der Waals surface area contributed by atoms with E-state index in [9.17, 15) is 9.90 Å². The van der Waals surface area contributed by atoms with Gasteiger partial charge in [-0.05, 0) is 48.4 Å². The zero-order valence-electron chi connectivity index (χ0n) is 18.0. The Labute approximate surface area is 182 Å². The lowest BCUT2D eigenvalue weighted by molar-refractivity contribution is -0.130. The number of benzene rings is 2. The molecule has 3 atom stereocenters. The molecule has 0 saturated carbocycles. The second-order valence-corrected chi connectivity index (χ2v) is 8.56. The molecule has 0 amide bonds. The van der Waals surface area contributed by atoms with Crippen molar-refractivity contribution >= 4 is 5.97 Å². The highest BCUT2D eigenvalue weighted by Crippen LogP contribution is 2.33. The summed E-state index contributed by atoms with van der Waals surface area (Å²) in [6.45, 7) is 7.80. The first-order chi connectivity index (χ1) is 14.8. The Balaban J connectivity index is 1.39. The number of aromatic hydroxyl groups is 1. The molecular weight excluding hydrogens is 396 g/mol. The zero-order chi connectivity index (χ0) is 22.0. The Bertz CT molecular complexity index is 937. The molecule has 164 valence electrons. The number of esters is 1. The molecule has 2 aliphatic rings. The van der Waals surface area contributed by atoms with E-state index < -0.39 is 5.97 Å². The van der Waals surface area contributed by atoms with Gasteiger partial charge in [-0.15, -0.1) is 0 Å². The average Bonchev–Trinajstić information content (AvgIpc) is 3.66. The van der Waals surface area contributed by atoms with E-state index in [2.05, 4.69) is 13.8 Å². The molecular formula is C25H28O6. The predicted molar refractivity (Wildman–Crippen MR) is 115 cm³/mol. The van der Waals surface area contributed by atoms with E-state index in [0.29, 0.717) is 24.5 Å². The van der Waals surface area contributed by atoms with Crippen molar-refractivity contribution in [2.45, 2.75) is 44.5 Å². The number of carbonyl (C=O) groups is 1. The molecule has 31 heavy (non-hydrogen) atoms. The van der Waals surface area contributed by atoms with Crippen molar-refractivity contribution in [1.82, 2.24) is 0 Å². The summed E-state index contributed by atoms with van der Waals surface area (Å²) in [6, 6.07) is 14.7. The van der Waals surface area contributed by atoms with Gasteiger partial charge < -0.3 is 24.1 Å². The van der Waals surface area contributed by atoms with Gasteiger partial charge >= 0.3 is 5.97 Å². The molecule has 3 unspecified atom stereocenters. The number of carbonyl (C=O) groups excluding carboxylic acids is 1. The van der Waals surface area contributed by atoms with Crippen molar-refractivity contribution in [3.63, 3.8) is 0 Å².